The molecule has 3 aromatic heterocycles. The normalized spacial score (nSPS) is 12.1. The summed E-state index contributed by atoms with van der Waals surface area (Å²) in [5.41, 5.74) is 1.86. The highest BCUT2D eigenvalue weighted by Crippen LogP contribution is 2.31. The van der Waals surface area contributed by atoms with Crippen molar-refractivity contribution in [2.75, 3.05) is 12.4 Å². The summed E-state index contributed by atoms with van der Waals surface area (Å²) in [6.45, 7) is 0. The highest BCUT2D eigenvalue weighted by Gasteiger charge is 2.23. The van der Waals surface area contributed by atoms with Crippen LogP contribution in [-0.4, -0.2) is 36.4 Å². The molecule has 32 heavy (non-hydrogen) atoms. The minimum absolute atomic E-state index is 0.279. The van der Waals surface area contributed by atoms with Gasteiger partial charge >= 0.3 is 0 Å². The Hall–Kier alpha value is -4.40. The number of hydrogen-bond donors (Lipinski definition) is 2. The van der Waals surface area contributed by atoms with Crippen LogP contribution in [0.15, 0.2) is 78.0 Å². The predicted molar refractivity (Wildman–Crippen MR) is 121 cm³/mol. The topological polar surface area (TPSA) is 103 Å². The standard InChI is InChI=1S/C23H21N7O2/c1-29-13-12-24-21(29)19(16-10-6-7-11-18(16)32-2)26-23-27-20-17(22(31)28-23)14-25-30(20)15-8-4-3-5-9-15/h3-14,19H,1-2H3,(H2,26,27,28,31). The summed E-state index contributed by atoms with van der Waals surface area (Å²) in [6, 6.07) is 16.8. The molecule has 0 spiro atoms. The number of nitrogens with zero attached hydrogens (tertiary/aromatic N) is 5. The van der Waals surface area contributed by atoms with Gasteiger partial charge in [-0.05, 0) is 18.2 Å². The summed E-state index contributed by atoms with van der Waals surface area (Å²) in [7, 11) is 3.54. The molecule has 9 nitrogen and oxygen atoms in total. The van der Waals surface area contributed by atoms with Gasteiger partial charge in [0.1, 0.15) is 23.0 Å². The number of H-pyrrole nitrogens is 1. The van der Waals surface area contributed by atoms with Gasteiger partial charge in [0.05, 0.1) is 19.0 Å². The maximum atomic E-state index is 12.8. The number of ether oxygens (including phenoxy) is 1. The average Bonchev–Trinajstić information content (AvgIpc) is 3.44. The van der Waals surface area contributed by atoms with Crippen molar-refractivity contribution in [2.24, 2.45) is 7.05 Å². The number of fused-ring (bicyclic) bond motifs is 1. The molecule has 0 aliphatic heterocycles. The van der Waals surface area contributed by atoms with E-state index in [2.05, 4.69) is 25.4 Å². The summed E-state index contributed by atoms with van der Waals surface area (Å²) in [5, 5.41) is 8.12. The van der Waals surface area contributed by atoms with E-state index in [1.54, 1.807) is 18.0 Å². The van der Waals surface area contributed by atoms with Gasteiger partial charge in [0.15, 0.2) is 5.65 Å². The van der Waals surface area contributed by atoms with Crippen LogP contribution >= 0.6 is 0 Å². The minimum Gasteiger partial charge on any atom is -0.496 e. The SMILES string of the molecule is COc1ccccc1C(Nc1nc2c(cnn2-c2ccccc2)c(=O)[nH]1)c1nccn1C. The van der Waals surface area contributed by atoms with Crippen LogP contribution in [0.4, 0.5) is 5.95 Å². The van der Waals surface area contributed by atoms with Crippen LogP contribution < -0.4 is 15.6 Å². The van der Waals surface area contributed by atoms with Gasteiger partial charge < -0.3 is 14.6 Å². The average molecular weight is 427 g/mol. The lowest BCUT2D eigenvalue weighted by Crippen LogP contribution is -2.21. The first-order chi connectivity index (χ1) is 15.7. The van der Waals surface area contributed by atoms with Gasteiger partial charge in [0.25, 0.3) is 5.56 Å². The fourth-order valence-electron chi connectivity index (χ4n) is 3.72. The summed E-state index contributed by atoms with van der Waals surface area (Å²) < 4.78 is 9.14. The number of aromatic amines is 1. The number of para-hydroxylation sites is 2. The molecule has 3 heterocycles. The van der Waals surface area contributed by atoms with Gasteiger partial charge in [-0.3, -0.25) is 9.78 Å². The first kappa shape index (κ1) is 19.6. The van der Waals surface area contributed by atoms with E-state index in [9.17, 15) is 4.79 Å². The number of aromatic nitrogens is 6. The van der Waals surface area contributed by atoms with Crippen LogP contribution in [0.5, 0.6) is 5.75 Å². The third kappa shape index (κ3) is 3.39. The van der Waals surface area contributed by atoms with Crippen molar-refractivity contribution in [2.45, 2.75) is 6.04 Å². The van der Waals surface area contributed by atoms with Gasteiger partial charge in [-0.2, -0.15) is 10.1 Å². The van der Waals surface area contributed by atoms with Gasteiger partial charge in [-0.1, -0.05) is 36.4 Å². The highest BCUT2D eigenvalue weighted by atomic mass is 16.5. The predicted octanol–water partition coefficient (Wildman–Crippen LogP) is 3.05. The second-order valence-electron chi connectivity index (χ2n) is 7.26. The Morgan fingerprint density at radius 1 is 1.09 bits per heavy atom. The van der Waals surface area contributed by atoms with Crippen molar-refractivity contribution >= 4 is 17.0 Å². The molecule has 1 atom stereocenters. The van der Waals surface area contributed by atoms with E-state index < -0.39 is 6.04 Å². The minimum atomic E-state index is -0.417. The molecule has 2 aromatic carbocycles. The molecule has 0 aliphatic rings. The maximum Gasteiger partial charge on any atom is 0.263 e. The molecule has 0 amide bonds. The van der Waals surface area contributed by atoms with Crippen LogP contribution in [0.3, 0.4) is 0 Å². The van der Waals surface area contributed by atoms with Crippen molar-refractivity contribution in [3.8, 4) is 11.4 Å². The molecule has 5 aromatic rings. The van der Waals surface area contributed by atoms with Crippen molar-refractivity contribution in [3.05, 3.63) is 94.9 Å². The first-order valence-corrected chi connectivity index (χ1v) is 10.1. The van der Waals surface area contributed by atoms with Crippen molar-refractivity contribution in [1.82, 2.24) is 29.3 Å². The molecule has 0 fully saturated rings. The van der Waals surface area contributed by atoms with E-state index in [1.165, 1.54) is 6.20 Å². The molecule has 1 unspecified atom stereocenters. The van der Waals surface area contributed by atoms with E-state index in [0.717, 1.165) is 17.1 Å². The molecule has 0 saturated carbocycles. The van der Waals surface area contributed by atoms with Gasteiger partial charge in [-0.15, -0.1) is 0 Å². The molecule has 0 saturated heterocycles. The summed E-state index contributed by atoms with van der Waals surface area (Å²) >= 11 is 0. The zero-order valence-electron chi connectivity index (χ0n) is 17.6. The van der Waals surface area contributed by atoms with Gasteiger partial charge in [-0.25, -0.2) is 9.67 Å². The van der Waals surface area contributed by atoms with E-state index in [4.69, 9.17) is 4.74 Å². The number of hydrogen-bond acceptors (Lipinski definition) is 6. The van der Waals surface area contributed by atoms with Crippen LogP contribution in [0.25, 0.3) is 16.7 Å². The Morgan fingerprint density at radius 2 is 1.88 bits per heavy atom. The number of anilines is 1. The van der Waals surface area contributed by atoms with Crippen LogP contribution in [0, 0.1) is 0 Å². The second kappa shape index (κ2) is 8.03. The maximum absolute atomic E-state index is 12.8. The number of aryl methyl sites for hydroxylation is 1. The van der Waals surface area contributed by atoms with Gasteiger partial charge in [0, 0.05) is 25.0 Å². The lowest BCUT2D eigenvalue weighted by atomic mass is 10.0. The molecule has 0 aliphatic carbocycles. The Morgan fingerprint density at radius 3 is 2.62 bits per heavy atom. The number of rotatable bonds is 6. The van der Waals surface area contributed by atoms with Crippen LogP contribution in [0.2, 0.25) is 0 Å². The summed E-state index contributed by atoms with van der Waals surface area (Å²) in [5.74, 6) is 1.75. The zero-order valence-corrected chi connectivity index (χ0v) is 17.6. The number of nitrogens with one attached hydrogen (secondary N) is 2. The third-order valence-electron chi connectivity index (χ3n) is 5.29. The summed E-state index contributed by atoms with van der Waals surface area (Å²) in [6.07, 6.45) is 5.11. The monoisotopic (exact) mass is 427 g/mol. The largest absolute Gasteiger partial charge is 0.496 e. The Labute approximate surface area is 183 Å². The lowest BCUT2D eigenvalue weighted by molar-refractivity contribution is 0.408. The van der Waals surface area contributed by atoms with Crippen molar-refractivity contribution in [3.63, 3.8) is 0 Å². The number of imidazole rings is 1. The lowest BCUT2D eigenvalue weighted by Gasteiger charge is -2.21. The molecule has 160 valence electrons. The molecule has 5 rings (SSSR count). The molecular weight excluding hydrogens is 406 g/mol. The molecular formula is C23H21N7O2. The Kier molecular flexibility index (Phi) is 4.91. The Balaban J connectivity index is 1.63. The first-order valence-electron chi connectivity index (χ1n) is 10.1. The Bertz CT molecular complexity index is 1440. The number of benzene rings is 2. The van der Waals surface area contributed by atoms with Crippen LogP contribution in [-0.2, 0) is 7.05 Å². The quantitative estimate of drug-likeness (QED) is 0.432. The van der Waals surface area contributed by atoms with Crippen molar-refractivity contribution < 1.29 is 4.74 Å². The van der Waals surface area contributed by atoms with Crippen molar-refractivity contribution in [1.29, 1.82) is 0 Å². The smallest absolute Gasteiger partial charge is 0.263 e. The van der Waals surface area contributed by atoms with E-state index in [1.807, 2.05) is 72.4 Å². The van der Waals surface area contributed by atoms with Crippen LogP contribution in [0.1, 0.15) is 17.4 Å². The zero-order chi connectivity index (χ0) is 22.1. The van der Waals surface area contributed by atoms with E-state index in [-0.39, 0.29) is 5.56 Å². The summed E-state index contributed by atoms with van der Waals surface area (Å²) in [4.78, 5) is 24.8. The molecule has 0 radical (unpaired) electrons. The fourth-order valence-corrected chi connectivity index (χ4v) is 3.72. The fraction of sp³-hybridized carbons (Fsp3) is 0.130. The molecule has 0 bridgehead atoms. The second-order valence-corrected chi connectivity index (χ2v) is 7.26. The van der Waals surface area contributed by atoms with E-state index in [0.29, 0.717) is 22.7 Å². The van der Waals surface area contributed by atoms with Gasteiger partial charge in [0.2, 0.25) is 5.95 Å². The highest BCUT2D eigenvalue weighted by molar-refractivity contribution is 5.76. The third-order valence-corrected chi connectivity index (χ3v) is 5.29. The number of methoxy groups -OCH3 is 1. The molecule has 9 heteroatoms. The molecule has 2 N–H and O–H groups in total. The van der Waals surface area contributed by atoms with E-state index >= 15 is 0 Å².